The summed E-state index contributed by atoms with van der Waals surface area (Å²) < 4.78 is 1.46. The van der Waals surface area contributed by atoms with E-state index < -0.39 is 0 Å². The number of Topliss-reactive ketones (excluding diaryl/α,β-unsaturated/α-hetero) is 1. The molecule has 0 atom stereocenters. The fourth-order valence-electron chi connectivity index (χ4n) is 1.74. The highest BCUT2D eigenvalue weighted by molar-refractivity contribution is 7.98. The van der Waals surface area contributed by atoms with Gasteiger partial charge in [0.1, 0.15) is 10.6 Å². The minimum absolute atomic E-state index is 0.0421. The number of thiophene rings is 1. The maximum Gasteiger partial charge on any atom is 0.263 e. The molecule has 0 aliphatic carbocycles. The summed E-state index contributed by atoms with van der Waals surface area (Å²) in [5.74, 6) is -0.0421. The molecular weight excluding hydrogens is 268 g/mol. The molecule has 0 aliphatic rings. The van der Waals surface area contributed by atoms with Crippen LogP contribution >= 0.6 is 23.1 Å². The molecule has 2 rings (SSSR count). The summed E-state index contributed by atoms with van der Waals surface area (Å²) in [6.45, 7) is 3.62. The van der Waals surface area contributed by atoms with Gasteiger partial charge in [0, 0.05) is 4.88 Å². The highest BCUT2D eigenvalue weighted by atomic mass is 32.2. The predicted molar refractivity (Wildman–Crippen MR) is 75.7 cm³/mol. The van der Waals surface area contributed by atoms with Crippen molar-refractivity contribution in [1.29, 1.82) is 0 Å². The number of fused-ring (bicyclic) bond motifs is 1. The quantitative estimate of drug-likeness (QED) is 0.638. The molecule has 0 unspecified atom stereocenters. The van der Waals surface area contributed by atoms with Gasteiger partial charge in [-0.2, -0.15) is 0 Å². The third-order valence-electron chi connectivity index (χ3n) is 2.58. The number of aromatic nitrogens is 2. The second-order valence-electron chi connectivity index (χ2n) is 3.98. The molecule has 2 heterocycles. The van der Waals surface area contributed by atoms with Crippen LogP contribution in [0.15, 0.2) is 16.0 Å². The maximum absolute atomic E-state index is 12.3. The van der Waals surface area contributed by atoms with Crippen LogP contribution in [0.2, 0.25) is 0 Å². The molecule has 0 saturated heterocycles. The second kappa shape index (κ2) is 5.24. The predicted octanol–water partition coefficient (Wildman–Crippen LogP) is 2.33. The van der Waals surface area contributed by atoms with Crippen molar-refractivity contribution in [2.45, 2.75) is 32.0 Å². The van der Waals surface area contributed by atoms with Crippen LogP contribution in [-0.2, 0) is 17.8 Å². The summed E-state index contributed by atoms with van der Waals surface area (Å²) in [6.07, 6.45) is 2.75. The lowest BCUT2D eigenvalue weighted by Crippen LogP contribution is -2.25. The Kier molecular flexibility index (Phi) is 3.87. The summed E-state index contributed by atoms with van der Waals surface area (Å²) in [5, 5.41) is 1.23. The van der Waals surface area contributed by atoms with E-state index in [1.54, 1.807) is 11.3 Å². The van der Waals surface area contributed by atoms with Crippen LogP contribution in [0.3, 0.4) is 0 Å². The van der Waals surface area contributed by atoms with Gasteiger partial charge in [-0.15, -0.1) is 11.3 Å². The van der Waals surface area contributed by atoms with Gasteiger partial charge in [0.05, 0.1) is 11.9 Å². The zero-order chi connectivity index (χ0) is 13.3. The van der Waals surface area contributed by atoms with Gasteiger partial charge in [-0.3, -0.25) is 14.2 Å². The summed E-state index contributed by atoms with van der Waals surface area (Å²) in [5.41, 5.74) is -0.115. The number of rotatable bonds is 4. The minimum atomic E-state index is -0.115. The van der Waals surface area contributed by atoms with E-state index in [1.165, 1.54) is 23.3 Å². The molecule has 0 amide bonds. The van der Waals surface area contributed by atoms with Crippen molar-refractivity contribution in [3.8, 4) is 0 Å². The van der Waals surface area contributed by atoms with Gasteiger partial charge in [-0.05, 0) is 25.7 Å². The summed E-state index contributed by atoms with van der Waals surface area (Å²) >= 11 is 2.94. The lowest BCUT2D eigenvalue weighted by molar-refractivity contribution is -0.117. The van der Waals surface area contributed by atoms with Crippen molar-refractivity contribution in [3.05, 3.63) is 21.3 Å². The van der Waals surface area contributed by atoms with Crippen molar-refractivity contribution in [2.24, 2.45) is 0 Å². The molecule has 2 aromatic rings. The smallest absolute Gasteiger partial charge is 0.263 e. The molecule has 4 nitrogen and oxygen atoms in total. The average molecular weight is 282 g/mol. The molecule has 0 saturated carbocycles. The zero-order valence-electron chi connectivity index (χ0n) is 10.5. The first-order valence-electron chi connectivity index (χ1n) is 5.63. The summed E-state index contributed by atoms with van der Waals surface area (Å²) in [6, 6.07) is 1.88. The van der Waals surface area contributed by atoms with Gasteiger partial charge < -0.3 is 0 Å². The van der Waals surface area contributed by atoms with Gasteiger partial charge in [-0.1, -0.05) is 18.7 Å². The number of ketones is 1. The number of carbonyl (C=O) groups excluding carboxylic acids is 1. The Balaban J connectivity index is 2.71. The normalized spacial score (nSPS) is 11.1. The van der Waals surface area contributed by atoms with Crippen molar-refractivity contribution in [1.82, 2.24) is 9.55 Å². The number of nitrogens with zero attached hydrogens (tertiary/aromatic N) is 2. The van der Waals surface area contributed by atoms with Gasteiger partial charge in [0.2, 0.25) is 0 Å². The van der Waals surface area contributed by atoms with Crippen LogP contribution in [0, 0.1) is 0 Å². The van der Waals surface area contributed by atoms with Crippen molar-refractivity contribution in [2.75, 3.05) is 6.26 Å². The fraction of sp³-hybridized carbons (Fsp3) is 0.417. The monoisotopic (exact) mass is 282 g/mol. The van der Waals surface area contributed by atoms with E-state index in [2.05, 4.69) is 4.98 Å². The molecule has 0 N–H and O–H groups in total. The van der Waals surface area contributed by atoms with E-state index in [-0.39, 0.29) is 17.9 Å². The molecule has 2 aromatic heterocycles. The topological polar surface area (TPSA) is 52.0 Å². The lowest BCUT2D eigenvalue weighted by Gasteiger charge is -2.07. The third kappa shape index (κ3) is 2.35. The highest BCUT2D eigenvalue weighted by Gasteiger charge is 2.14. The molecule has 96 valence electrons. The van der Waals surface area contributed by atoms with E-state index in [0.29, 0.717) is 10.5 Å². The molecular formula is C12H14N2O2S2. The highest BCUT2D eigenvalue weighted by Crippen LogP contribution is 2.24. The number of aryl methyl sites for hydroxylation is 1. The summed E-state index contributed by atoms with van der Waals surface area (Å²) in [7, 11) is 0. The largest absolute Gasteiger partial charge is 0.298 e. The molecule has 18 heavy (non-hydrogen) atoms. The summed E-state index contributed by atoms with van der Waals surface area (Å²) in [4.78, 5) is 29.9. The Morgan fingerprint density at radius 2 is 2.28 bits per heavy atom. The van der Waals surface area contributed by atoms with Crippen LogP contribution in [0.4, 0.5) is 0 Å². The van der Waals surface area contributed by atoms with Crippen LogP contribution in [0.25, 0.3) is 10.2 Å². The van der Waals surface area contributed by atoms with Gasteiger partial charge in [0.25, 0.3) is 5.56 Å². The Labute approximate surface area is 113 Å². The molecule has 0 radical (unpaired) electrons. The zero-order valence-corrected chi connectivity index (χ0v) is 12.2. The van der Waals surface area contributed by atoms with Crippen molar-refractivity contribution >= 4 is 39.1 Å². The van der Waals surface area contributed by atoms with Gasteiger partial charge >= 0.3 is 0 Å². The van der Waals surface area contributed by atoms with Crippen molar-refractivity contribution in [3.63, 3.8) is 0 Å². The fourth-order valence-corrected chi connectivity index (χ4v) is 3.31. The van der Waals surface area contributed by atoms with Gasteiger partial charge in [-0.25, -0.2) is 4.98 Å². The van der Waals surface area contributed by atoms with Crippen LogP contribution in [0.1, 0.15) is 18.7 Å². The Hall–Kier alpha value is -1.14. The molecule has 0 spiro atoms. The molecule has 0 fully saturated rings. The molecule has 0 aliphatic heterocycles. The minimum Gasteiger partial charge on any atom is -0.298 e. The Morgan fingerprint density at radius 1 is 1.56 bits per heavy atom. The first-order valence-corrected chi connectivity index (χ1v) is 7.67. The van der Waals surface area contributed by atoms with E-state index in [0.717, 1.165) is 16.1 Å². The van der Waals surface area contributed by atoms with Crippen molar-refractivity contribution < 1.29 is 4.79 Å². The molecule has 0 aromatic carbocycles. The van der Waals surface area contributed by atoms with Crippen LogP contribution in [-0.4, -0.2) is 21.6 Å². The lowest BCUT2D eigenvalue weighted by atomic mass is 10.3. The van der Waals surface area contributed by atoms with E-state index >= 15 is 0 Å². The molecule has 0 bridgehead atoms. The number of thioether (sulfide) groups is 1. The van der Waals surface area contributed by atoms with Crippen LogP contribution < -0.4 is 5.56 Å². The first kappa shape index (κ1) is 13.3. The average Bonchev–Trinajstić information content (AvgIpc) is 2.75. The SMILES string of the molecule is CCc1cc2c(=O)n(CC(C)=O)c(SC)nc2s1. The first-order chi connectivity index (χ1) is 8.56. The Morgan fingerprint density at radius 3 is 2.83 bits per heavy atom. The molecule has 6 heteroatoms. The number of hydrogen-bond acceptors (Lipinski definition) is 5. The number of carbonyl (C=O) groups is 1. The van der Waals surface area contributed by atoms with E-state index in [1.807, 2.05) is 19.2 Å². The number of hydrogen-bond donors (Lipinski definition) is 0. The second-order valence-corrected chi connectivity index (χ2v) is 5.87. The van der Waals surface area contributed by atoms with E-state index in [9.17, 15) is 9.59 Å². The van der Waals surface area contributed by atoms with Gasteiger partial charge in [0.15, 0.2) is 5.16 Å². The maximum atomic E-state index is 12.3. The standard InChI is InChI=1S/C12H14N2O2S2/c1-4-8-5-9-10(18-8)13-12(17-3)14(11(9)16)6-7(2)15/h5H,4,6H2,1-3H3. The van der Waals surface area contributed by atoms with E-state index in [4.69, 9.17) is 0 Å². The van der Waals surface area contributed by atoms with Crippen LogP contribution in [0.5, 0.6) is 0 Å². The third-order valence-corrected chi connectivity index (χ3v) is 4.43. The Bertz CT molecular complexity index is 658.